The van der Waals surface area contributed by atoms with Crippen LogP contribution in [0.4, 0.5) is 0 Å². The molecule has 0 bridgehead atoms. The Labute approximate surface area is 91.8 Å². The quantitative estimate of drug-likeness (QED) is 0.681. The lowest BCUT2D eigenvalue weighted by Crippen LogP contribution is -2.40. The maximum Gasteiger partial charge on any atom is 0.310 e. The first-order chi connectivity index (χ1) is 7.27. The number of hydrogen-bond acceptors (Lipinski definition) is 4. The zero-order valence-electron chi connectivity index (χ0n) is 9.58. The summed E-state index contributed by atoms with van der Waals surface area (Å²) < 4.78 is 5.04. The Bertz CT molecular complexity index is 197. The second-order valence-electron chi connectivity index (χ2n) is 4.03. The Morgan fingerprint density at radius 3 is 3.07 bits per heavy atom. The molecule has 0 saturated carbocycles. The topological polar surface area (TPSA) is 55.6 Å². The first-order valence-electron chi connectivity index (χ1n) is 5.87. The molecule has 1 fully saturated rings. The van der Waals surface area contributed by atoms with Gasteiger partial charge in [0.25, 0.3) is 0 Å². The van der Waals surface area contributed by atoms with Gasteiger partial charge in [0, 0.05) is 6.54 Å². The van der Waals surface area contributed by atoms with Crippen molar-refractivity contribution in [2.75, 3.05) is 32.8 Å². The Kier molecular flexibility index (Phi) is 5.65. The smallest absolute Gasteiger partial charge is 0.310 e. The van der Waals surface area contributed by atoms with E-state index in [0.717, 1.165) is 45.4 Å². The summed E-state index contributed by atoms with van der Waals surface area (Å²) in [5.41, 5.74) is 5.47. The van der Waals surface area contributed by atoms with Gasteiger partial charge in [0.1, 0.15) is 0 Å². The normalized spacial score (nSPS) is 22.7. The van der Waals surface area contributed by atoms with E-state index < -0.39 is 0 Å². The Morgan fingerprint density at radius 1 is 1.60 bits per heavy atom. The third-order valence-electron chi connectivity index (χ3n) is 2.80. The van der Waals surface area contributed by atoms with Crippen LogP contribution in [0.2, 0.25) is 0 Å². The van der Waals surface area contributed by atoms with E-state index in [1.165, 1.54) is 0 Å². The van der Waals surface area contributed by atoms with Crippen LogP contribution in [0, 0.1) is 5.92 Å². The number of nitrogens with two attached hydrogens (primary N) is 1. The van der Waals surface area contributed by atoms with E-state index in [-0.39, 0.29) is 11.9 Å². The third kappa shape index (κ3) is 4.18. The number of esters is 1. The molecule has 1 unspecified atom stereocenters. The highest BCUT2D eigenvalue weighted by atomic mass is 16.5. The maximum atomic E-state index is 11.5. The Hall–Kier alpha value is -0.610. The lowest BCUT2D eigenvalue weighted by atomic mass is 9.98. The number of ether oxygens (including phenoxy) is 1. The number of nitrogens with zero attached hydrogens (tertiary/aromatic N) is 1. The molecule has 0 aromatic carbocycles. The van der Waals surface area contributed by atoms with Crippen LogP contribution in [0.25, 0.3) is 0 Å². The van der Waals surface area contributed by atoms with Crippen LogP contribution in [0.3, 0.4) is 0 Å². The van der Waals surface area contributed by atoms with Gasteiger partial charge in [-0.3, -0.25) is 4.79 Å². The van der Waals surface area contributed by atoms with Crippen LogP contribution >= 0.6 is 0 Å². The third-order valence-corrected chi connectivity index (χ3v) is 2.80. The second-order valence-corrected chi connectivity index (χ2v) is 4.03. The largest absolute Gasteiger partial charge is 0.466 e. The maximum absolute atomic E-state index is 11.5. The minimum absolute atomic E-state index is 0.0325. The number of hydrogen-bond donors (Lipinski definition) is 1. The van der Waals surface area contributed by atoms with Gasteiger partial charge < -0.3 is 15.4 Å². The molecule has 0 spiro atoms. The molecule has 0 radical (unpaired) electrons. The van der Waals surface area contributed by atoms with E-state index in [1.54, 1.807) is 0 Å². The first kappa shape index (κ1) is 12.5. The van der Waals surface area contributed by atoms with Crippen LogP contribution in [-0.2, 0) is 9.53 Å². The summed E-state index contributed by atoms with van der Waals surface area (Å²) >= 11 is 0. The number of piperidine rings is 1. The summed E-state index contributed by atoms with van der Waals surface area (Å²) in [7, 11) is 0. The summed E-state index contributed by atoms with van der Waals surface area (Å²) in [4.78, 5) is 13.9. The minimum Gasteiger partial charge on any atom is -0.466 e. The Balaban J connectivity index is 2.31. The molecule has 4 nitrogen and oxygen atoms in total. The van der Waals surface area contributed by atoms with Crippen molar-refractivity contribution in [1.82, 2.24) is 4.90 Å². The average Bonchev–Trinajstić information content (AvgIpc) is 2.27. The molecule has 15 heavy (non-hydrogen) atoms. The van der Waals surface area contributed by atoms with E-state index in [1.807, 2.05) is 6.92 Å². The molecular weight excluding hydrogens is 192 g/mol. The Morgan fingerprint density at radius 2 is 2.40 bits per heavy atom. The number of rotatable bonds is 5. The molecule has 2 N–H and O–H groups in total. The van der Waals surface area contributed by atoms with E-state index in [9.17, 15) is 4.79 Å². The zero-order chi connectivity index (χ0) is 11.1. The van der Waals surface area contributed by atoms with Gasteiger partial charge in [-0.15, -0.1) is 0 Å². The average molecular weight is 214 g/mol. The fourth-order valence-corrected chi connectivity index (χ4v) is 2.03. The zero-order valence-corrected chi connectivity index (χ0v) is 9.58. The first-order valence-corrected chi connectivity index (χ1v) is 5.87. The van der Waals surface area contributed by atoms with Gasteiger partial charge in [0.15, 0.2) is 0 Å². The molecule has 1 heterocycles. The van der Waals surface area contributed by atoms with Crippen molar-refractivity contribution >= 4 is 5.97 Å². The lowest BCUT2D eigenvalue weighted by Gasteiger charge is -2.31. The van der Waals surface area contributed by atoms with Gasteiger partial charge in [-0.05, 0) is 45.8 Å². The van der Waals surface area contributed by atoms with Crippen molar-refractivity contribution in [1.29, 1.82) is 0 Å². The summed E-state index contributed by atoms with van der Waals surface area (Å²) in [5.74, 6) is 0.0476. The fraction of sp³-hybridized carbons (Fsp3) is 0.909. The number of carbonyl (C=O) groups is 1. The van der Waals surface area contributed by atoms with Crippen LogP contribution in [0.1, 0.15) is 26.2 Å². The lowest BCUT2D eigenvalue weighted by molar-refractivity contribution is -0.149. The highest BCUT2D eigenvalue weighted by molar-refractivity contribution is 5.72. The summed E-state index contributed by atoms with van der Waals surface area (Å²) in [6.45, 7) is 6.01. The van der Waals surface area contributed by atoms with E-state index in [4.69, 9.17) is 10.5 Å². The molecule has 0 amide bonds. The van der Waals surface area contributed by atoms with Gasteiger partial charge >= 0.3 is 5.97 Å². The SMILES string of the molecule is CCOC(=O)C1CCCN(CCCN)C1. The standard InChI is InChI=1S/C11H22N2O2/c1-2-15-11(14)10-5-3-7-13(9-10)8-4-6-12/h10H,2-9,12H2,1H3. The number of carbonyl (C=O) groups excluding carboxylic acids is 1. The molecule has 1 atom stereocenters. The van der Waals surface area contributed by atoms with Gasteiger partial charge in [-0.2, -0.15) is 0 Å². The van der Waals surface area contributed by atoms with Crippen LogP contribution in [-0.4, -0.2) is 43.7 Å². The highest BCUT2D eigenvalue weighted by Gasteiger charge is 2.26. The van der Waals surface area contributed by atoms with Crippen molar-refractivity contribution in [3.8, 4) is 0 Å². The van der Waals surface area contributed by atoms with Gasteiger partial charge in [0.2, 0.25) is 0 Å². The van der Waals surface area contributed by atoms with Crippen LogP contribution in [0.5, 0.6) is 0 Å². The van der Waals surface area contributed by atoms with Crippen molar-refractivity contribution in [2.24, 2.45) is 11.7 Å². The predicted molar refractivity (Wildman–Crippen MR) is 59.5 cm³/mol. The molecule has 1 saturated heterocycles. The van der Waals surface area contributed by atoms with E-state index >= 15 is 0 Å². The van der Waals surface area contributed by atoms with Crippen LogP contribution < -0.4 is 5.73 Å². The predicted octanol–water partition coefficient (Wildman–Crippen LogP) is 0.610. The summed E-state index contributed by atoms with van der Waals surface area (Å²) in [6, 6.07) is 0. The van der Waals surface area contributed by atoms with Gasteiger partial charge in [-0.25, -0.2) is 0 Å². The molecule has 0 aliphatic carbocycles. The molecule has 88 valence electrons. The van der Waals surface area contributed by atoms with Crippen molar-refractivity contribution < 1.29 is 9.53 Å². The minimum atomic E-state index is -0.0325. The molecule has 1 rings (SSSR count). The molecule has 4 heteroatoms. The number of likely N-dealkylation sites (tertiary alicyclic amines) is 1. The molecule has 1 aliphatic rings. The summed E-state index contributed by atoms with van der Waals surface area (Å²) in [6.07, 6.45) is 3.07. The molecule has 1 aliphatic heterocycles. The van der Waals surface area contributed by atoms with Gasteiger partial charge in [-0.1, -0.05) is 0 Å². The molecule has 0 aromatic rings. The van der Waals surface area contributed by atoms with E-state index in [0.29, 0.717) is 6.61 Å². The van der Waals surface area contributed by atoms with Gasteiger partial charge in [0.05, 0.1) is 12.5 Å². The van der Waals surface area contributed by atoms with E-state index in [2.05, 4.69) is 4.90 Å². The molecule has 0 aromatic heterocycles. The fourth-order valence-electron chi connectivity index (χ4n) is 2.03. The second kappa shape index (κ2) is 6.80. The van der Waals surface area contributed by atoms with Crippen molar-refractivity contribution in [2.45, 2.75) is 26.2 Å². The highest BCUT2D eigenvalue weighted by Crippen LogP contribution is 2.17. The van der Waals surface area contributed by atoms with Crippen molar-refractivity contribution in [3.05, 3.63) is 0 Å². The van der Waals surface area contributed by atoms with Crippen LogP contribution in [0.15, 0.2) is 0 Å². The molecular formula is C11H22N2O2. The monoisotopic (exact) mass is 214 g/mol. The van der Waals surface area contributed by atoms with Crippen molar-refractivity contribution in [3.63, 3.8) is 0 Å². The summed E-state index contributed by atoms with van der Waals surface area (Å²) in [5, 5.41) is 0.